The third-order valence-electron chi connectivity index (χ3n) is 4.38. The first kappa shape index (κ1) is 22.7. The first-order valence-electron chi connectivity index (χ1n) is 9.08. The number of rotatable bonds is 7. The van der Waals surface area contributed by atoms with E-state index in [1.807, 2.05) is 0 Å². The van der Waals surface area contributed by atoms with Gasteiger partial charge in [0.1, 0.15) is 5.84 Å². The lowest BCUT2D eigenvalue weighted by molar-refractivity contribution is -0.144. The lowest BCUT2D eigenvalue weighted by Crippen LogP contribution is -2.37. The summed E-state index contributed by atoms with van der Waals surface area (Å²) in [4.78, 5) is 25.6. The Hall–Kier alpha value is -3.03. The highest BCUT2D eigenvalue weighted by atomic mass is 32.2. The van der Waals surface area contributed by atoms with Crippen LogP contribution in [-0.4, -0.2) is 64.9 Å². The zero-order valence-electron chi connectivity index (χ0n) is 16.2. The molecule has 2 aliphatic rings. The van der Waals surface area contributed by atoms with Crippen molar-refractivity contribution in [3.8, 4) is 0 Å². The number of nitrogens with zero attached hydrogens (tertiary/aromatic N) is 2. The van der Waals surface area contributed by atoms with Gasteiger partial charge in [0, 0.05) is 19.3 Å². The number of primary sulfonamides is 1. The number of hydrogen-bond donors (Lipinski definition) is 2. The Morgan fingerprint density at radius 3 is 2.58 bits per heavy atom. The van der Waals surface area contributed by atoms with Crippen molar-refractivity contribution in [2.45, 2.75) is 11.3 Å². The number of sulfonamides is 2. The van der Waals surface area contributed by atoms with Gasteiger partial charge in [-0.1, -0.05) is 12.1 Å². The maximum atomic E-state index is 12.1. The van der Waals surface area contributed by atoms with Gasteiger partial charge < -0.3 is 15.0 Å². The van der Waals surface area contributed by atoms with E-state index in [-0.39, 0.29) is 35.1 Å². The van der Waals surface area contributed by atoms with Gasteiger partial charge in [0.05, 0.1) is 16.2 Å². The maximum Gasteiger partial charge on any atom is 0.340 e. The Labute approximate surface area is 179 Å². The molecule has 0 saturated heterocycles. The average Bonchev–Trinajstić information content (AvgIpc) is 2.70. The molecule has 13 heteroatoms. The number of hydrogen-bond acceptors (Lipinski definition) is 8. The molecule has 0 spiro atoms. The van der Waals surface area contributed by atoms with Crippen molar-refractivity contribution in [1.82, 2.24) is 10.2 Å². The second-order valence-corrected chi connectivity index (χ2v) is 10.0. The first-order chi connectivity index (χ1) is 14.5. The van der Waals surface area contributed by atoms with Crippen LogP contribution in [0, 0.1) is 0 Å². The van der Waals surface area contributed by atoms with Gasteiger partial charge in [0.25, 0.3) is 15.9 Å². The Morgan fingerprint density at radius 2 is 1.90 bits per heavy atom. The van der Waals surface area contributed by atoms with Gasteiger partial charge in [-0.05, 0) is 36.3 Å². The van der Waals surface area contributed by atoms with Crippen molar-refractivity contribution in [3.63, 3.8) is 0 Å². The molecule has 0 bridgehead atoms. The first-order valence-corrected chi connectivity index (χ1v) is 12.2. The van der Waals surface area contributed by atoms with Gasteiger partial charge in [-0.25, -0.2) is 26.8 Å². The molecule has 31 heavy (non-hydrogen) atoms. The molecule has 2 heterocycles. The summed E-state index contributed by atoms with van der Waals surface area (Å²) in [6.07, 6.45) is 4.65. The van der Waals surface area contributed by atoms with Gasteiger partial charge in [0.2, 0.25) is 10.0 Å². The minimum Gasteiger partial charge on any atom is -0.452 e. The molecular weight excluding hydrogens is 448 g/mol. The Kier molecular flexibility index (Phi) is 6.57. The fraction of sp³-hybridized carbons (Fsp3) is 0.278. The van der Waals surface area contributed by atoms with Crippen LogP contribution in [0.15, 0.2) is 57.5 Å². The summed E-state index contributed by atoms with van der Waals surface area (Å²) in [5.41, 5.74) is 0.962. The van der Waals surface area contributed by atoms with E-state index in [0.29, 0.717) is 6.42 Å². The van der Waals surface area contributed by atoms with Gasteiger partial charge >= 0.3 is 5.97 Å². The molecule has 0 saturated carbocycles. The third kappa shape index (κ3) is 6.23. The minimum atomic E-state index is -3.75. The summed E-state index contributed by atoms with van der Waals surface area (Å²) in [5, 5.41) is 7.63. The third-order valence-corrected chi connectivity index (χ3v) is 6.47. The molecule has 0 fully saturated rings. The highest BCUT2D eigenvalue weighted by molar-refractivity contribution is 7.90. The van der Waals surface area contributed by atoms with Crippen LogP contribution in [0.4, 0.5) is 0 Å². The maximum absolute atomic E-state index is 12.1. The second-order valence-electron chi connectivity index (χ2n) is 6.71. The molecule has 1 aromatic rings. The van der Waals surface area contributed by atoms with E-state index in [0.717, 1.165) is 5.56 Å². The fourth-order valence-corrected chi connectivity index (χ4v) is 4.26. The SMILES string of the molecule is NS(=O)(=O)c1ccc(CCNC(=O)COC(=O)C2=CN3CCS(=O)(=O)N=C3C=C2)cc1. The molecule has 2 aliphatic heterocycles. The summed E-state index contributed by atoms with van der Waals surface area (Å²) in [6.45, 7) is -0.0551. The molecule has 0 atom stereocenters. The highest BCUT2D eigenvalue weighted by Crippen LogP contribution is 2.16. The van der Waals surface area contributed by atoms with Crippen LogP contribution in [0.3, 0.4) is 0 Å². The predicted molar refractivity (Wildman–Crippen MR) is 111 cm³/mol. The topological polar surface area (TPSA) is 165 Å². The van der Waals surface area contributed by atoms with Crippen LogP contribution in [-0.2, 0) is 40.8 Å². The predicted octanol–water partition coefficient (Wildman–Crippen LogP) is -0.966. The molecule has 0 unspecified atom stereocenters. The van der Waals surface area contributed by atoms with Crippen LogP contribution in [0.1, 0.15) is 5.56 Å². The molecule has 1 amide bonds. The molecule has 3 N–H and O–H groups in total. The number of benzene rings is 1. The Bertz CT molecular complexity index is 1180. The van der Waals surface area contributed by atoms with Gasteiger partial charge in [-0.15, -0.1) is 4.40 Å². The molecule has 1 aromatic carbocycles. The minimum absolute atomic E-state index is 0.00263. The Morgan fingerprint density at radius 1 is 1.19 bits per heavy atom. The Balaban J connectivity index is 1.43. The lowest BCUT2D eigenvalue weighted by atomic mass is 10.1. The lowest BCUT2D eigenvalue weighted by Gasteiger charge is -2.26. The monoisotopic (exact) mass is 468 g/mol. The number of nitrogens with two attached hydrogens (primary N) is 1. The number of carbonyl (C=O) groups excluding carboxylic acids is 2. The van der Waals surface area contributed by atoms with E-state index in [9.17, 15) is 26.4 Å². The van der Waals surface area contributed by atoms with E-state index in [1.54, 1.807) is 12.1 Å². The smallest absolute Gasteiger partial charge is 0.340 e. The summed E-state index contributed by atoms with van der Waals surface area (Å²) >= 11 is 0. The second kappa shape index (κ2) is 8.99. The van der Waals surface area contributed by atoms with E-state index >= 15 is 0 Å². The van der Waals surface area contributed by atoms with E-state index in [2.05, 4.69) is 9.71 Å². The van der Waals surface area contributed by atoms with Crippen molar-refractivity contribution >= 4 is 37.8 Å². The number of fused-ring (bicyclic) bond motifs is 1. The van der Waals surface area contributed by atoms with Crippen molar-refractivity contribution in [2.24, 2.45) is 9.54 Å². The zero-order chi connectivity index (χ0) is 22.6. The molecule has 0 aliphatic carbocycles. The van der Waals surface area contributed by atoms with E-state index < -0.39 is 38.5 Å². The van der Waals surface area contributed by atoms with Crippen molar-refractivity contribution < 1.29 is 31.2 Å². The highest BCUT2D eigenvalue weighted by Gasteiger charge is 2.25. The fourth-order valence-electron chi connectivity index (χ4n) is 2.78. The molecule has 0 aromatic heterocycles. The largest absolute Gasteiger partial charge is 0.452 e. The van der Waals surface area contributed by atoms with Crippen LogP contribution >= 0.6 is 0 Å². The normalized spacial score (nSPS) is 17.3. The van der Waals surface area contributed by atoms with Crippen molar-refractivity contribution in [3.05, 3.63) is 53.8 Å². The number of ether oxygens (including phenoxy) is 1. The molecule has 166 valence electrons. The molecule has 3 rings (SSSR count). The number of carbonyl (C=O) groups is 2. The number of amidine groups is 1. The molecule has 0 radical (unpaired) electrons. The summed E-state index contributed by atoms with van der Waals surface area (Å²) < 4.78 is 54.0. The quantitative estimate of drug-likeness (QED) is 0.483. The standard InChI is InChI=1S/C18H20N4O7S2/c19-31(27,28)15-4-1-13(2-5-15)7-8-20-17(23)12-29-18(24)14-3-6-16-21-30(25,26)10-9-22(16)11-14/h1-6,11H,7-10,12H2,(H,20,23)(H2,19,27,28). The molecule has 11 nitrogen and oxygen atoms in total. The van der Waals surface area contributed by atoms with E-state index in [4.69, 9.17) is 9.88 Å². The van der Waals surface area contributed by atoms with Crippen molar-refractivity contribution in [1.29, 1.82) is 0 Å². The number of esters is 1. The van der Waals surface area contributed by atoms with Gasteiger partial charge in [-0.3, -0.25) is 4.79 Å². The summed E-state index contributed by atoms with van der Waals surface area (Å²) in [5.74, 6) is -1.16. The van der Waals surface area contributed by atoms with Crippen LogP contribution in [0.2, 0.25) is 0 Å². The van der Waals surface area contributed by atoms with Crippen LogP contribution in [0.5, 0.6) is 0 Å². The van der Waals surface area contributed by atoms with E-state index in [1.165, 1.54) is 35.4 Å². The van der Waals surface area contributed by atoms with Gasteiger partial charge in [-0.2, -0.15) is 0 Å². The summed E-state index contributed by atoms with van der Waals surface area (Å²) in [7, 11) is -7.24. The molecular formula is C18H20N4O7S2. The number of amides is 1. The zero-order valence-corrected chi connectivity index (χ0v) is 17.9. The van der Waals surface area contributed by atoms with Gasteiger partial charge in [0.15, 0.2) is 6.61 Å². The number of nitrogens with one attached hydrogen (secondary N) is 1. The van der Waals surface area contributed by atoms with Crippen LogP contribution < -0.4 is 10.5 Å². The summed E-state index contributed by atoms with van der Waals surface area (Å²) in [6, 6.07) is 5.95. The van der Waals surface area contributed by atoms with Crippen LogP contribution in [0.25, 0.3) is 0 Å². The average molecular weight is 469 g/mol. The van der Waals surface area contributed by atoms with Crippen molar-refractivity contribution in [2.75, 3.05) is 25.4 Å².